The molecule has 0 aliphatic carbocycles. The number of anilines is 2. The Balaban J connectivity index is 2.95. The fourth-order valence-corrected chi connectivity index (χ4v) is 1.43. The molecule has 0 fully saturated rings. The molecule has 0 aromatic heterocycles. The molecule has 18 heavy (non-hydrogen) atoms. The summed E-state index contributed by atoms with van der Waals surface area (Å²) in [6, 6.07) is 7.31. The average Bonchev–Trinajstić information content (AvgIpc) is 2.43. The van der Waals surface area contributed by atoms with Gasteiger partial charge in [-0.25, -0.2) is 0 Å². The largest absolute Gasteiger partial charge is 0.388 e. The van der Waals surface area contributed by atoms with Crippen LogP contribution in [0.15, 0.2) is 36.0 Å². The van der Waals surface area contributed by atoms with Crippen LogP contribution in [0.25, 0.3) is 0 Å². The van der Waals surface area contributed by atoms with Gasteiger partial charge in [0.2, 0.25) is 12.3 Å². The Kier molecular flexibility index (Phi) is 4.92. The number of nitrogens with zero attached hydrogens (tertiary/aromatic N) is 1. The van der Waals surface area contributed by atoms with Crippen molar-refractivity contribution >= 4 is 23.7 Å². The average molecular weight is 247 g/mol. The molecule has 0 spiro atoms. The van der Waals surface area contributed by atoms with E-state index in [2.05, 4.69) is 10.6 Å². The van der Waals surface area contributed by atoms with Crippen molar-refractivity contribution in [1.29, 1.82) is 0 Å². The molecule has 96 valence electrons. The number of likely N-dealkylation sites (N-methyl/N-ethyl adjacent to an activating group) is 1. The number of rotatable bonds is 5. The highest BCUT2D eigenvalue weighted by Gasteiger charge is 2.06. The number of benzene rings is 1. The second-order valence-corrected chi connectivity index (χ2v) is 3.70. The third kappa shape index (κ3) is 3.35. The molecule has 5 heteroatoms. The van der Waals surface area contributed by atoms with E-state index in [-0.39, 0.29) is 5.91 Å². The van der Waals surface area contributed by atoms with Gasteiger partial charge in [-0.1, -0.05) is 0 Å². The fraction of sp³-hybridized carbons (Fsp3) is 0.231. The first-order chi connectivity index (χ1) is 8.62. The van der Waals surface area contributed by atoms with Crippen LogP contribution in [0.2, 0.25) is 0 Å². The lowest BCUT2D eigenvalue weighted by molar-refractivity contribution is -0.117. The van der Waals surface area contributed by atoms with Gasteiger partial charge in [0.1, 0.15) is 0 Å². The molecule has 0 saturated heterocycles. The van der Waals surface area contributed by atoms with Crippen LogP contribution in [0.3, 0.4) is 0 Å². The highest BCUT2D eigenvalue weighted by atomic mass is 16.2. The van der Waals surface area contributed by atoms with Crippen LogP contribution in [0, 0.1) is 0 Å². The van der Waals surface area contributed by atoms with E-state index < -0.39 is 0 Å². The summed E-state index contributed by atoms with van der Waals surface area (Å²) in [4.78, 5) is 23.8. The molecule has 1 rings (SSSR count). The summed E-state index contributed by atoms with van der Waals surface area (Å²) >= 11 is 0. The van der Waals surface area contributed by atoms with Crippen LogP contribution in [0.1, 0.15) is 6.92 Å². The lowest BCUT2D eigenvalue weighted by Crippen LogP contribution is -2.22. The summed E-state index contributed by atoms with van der Waals surface area (Å²) < 4.78 is 0. The lowest BCUT2D eigenvalue weighted by Gasteiger charge is -2.14. The Bertz CT molecular complexity index is 452. The van der Waals surface area contributed by atoms with Gasteiger partial charge in [0.15, 0.2) is 0 Å². The molecule has 2 amide bonds. The van der Waals surface area contributed by atoms with Crippen molar-refractivity contribution in [3.63, 3.8) is 0 Å². The van der Waals surface area contributed by atoms with Crippen molar-refractivity contribution in [3.8, 4) is 0 Å². The minimum atomic E-state index is -0.214. The SMILES string of the molecule is CNC(=O)/C(C)=C\N(C=O)c1ccc(NC)cc1. The van der Waals surface area contributed by atoms with Crippen LogP contribution in [-0.2, 0) is 9.59 Å². The lowest BCUT2D eigenvalue weighted by atomic mass is 10.2. The van der Waals surface area contributed by atoms with Gasteiger partial charge in [0, 0.05) is 37.2 Å². The number of hydrogen-bond acceptors (Lipinski definition) is 3. The maximum atomic E-state index is 11.4. The second kappa shape index (κ2) is 6.44. The van der Waals surface area contributed by atoms with Gasteiger partial charge in [-0.05, 0) is 31.2 Å². The van der Waals surface area contributed by atoms with E-state index in [0.717, 1.165) is 5.69 Å². The van der Waals surface area contributed by atoms with Crippen molar-refractivity contribution in [2.75, 3.05) is 24.3 Å². The molecule has 0 bridgehead atoms. The Labute approximate surface area is 106 Å². The second-order valence-electron chi connectivity index (χ2n) is 3.70. The summed E-state index contributed by atoms with van der Waals surface area (Å²) in [5.41, 5.74) is 2.12. The highest BCUT2D eigenvalue weighted by molar-refractivity contribution is 5.94. The monoisotopic (exact) mass is 247 g/mol. The summed E-state index contributed by atoms with van der Waals surface area (Å²) in [5, 5.41) is 5.50. The van der Waals surface area contributed by atoms with Gasteiger partial charge in [-0.2, -0.15) is 0 Å². The number of amides is 2. The zero-order chi connectivity index (χ0) is 13.5. The van der Waals surface area contributed by atoms with E-state index in [4.69, 9.17) is 0 Å². The van der Waals surface area contributed by atoms with Gasteiger partial charge in [-0.15, -0.1) is 0 Å². The fourth-order valence-electron chi connectivity index (χ4n) is 1.43. The normalized spacial score (nSPS) is 10.7. The maximum Gasteiger partial charge on any atom is 0.248 e. The van der Waals surface area contributed by atoms with Crippen LogP contribution in [-0.4, -0.2) is 26.4 Å². The van der Waals surface area contributed by atoms with Gasteiger partial charge < -0.3 is 10.6 Å². The third-order valence-corrected chi connectivity index (χ3v) is 2.49. The molecule has 5 nitrogen and oxygen atoms in total. The number of nitrogens with one attached hydrogen (secondary N) is 2. The van der Waals surface area contributed by atoms with Gasteiger partial charge >= 0.3 is 0 Å². The Morgan fingerprint density at radius 2 is 1.83 bits per heavy atom. The molecular formula is C13H17N3O2. The molecule has 1 aromatic carbocycles. The molecule has 0 unspecified atom stereocenters. The van der Waals surface area contributed by atoms with Crippen LogP contribution in [0.4, 0.5) is 11.4 Å². The molecule has 0 saturated carbocycles. The van der Waals surface area contributed by atoms with Crippen molar-refractivity contribution in [1.82, 2.24) is 5.32 Å². The van der Waals surface area contributed by atoms with Gasteiger partial charge in [-0.3, -0.25) is 14.5 Å². The molecule has 2 N–H and O–H groups in total. The summed E-state index contributed by atoms with van der Waals surface area (Å²) in [6.45, 7) is 1.65. The standard InChI is InChI=1S/C13H17N3O2/c1-10(13(18)15-3)8-16(9-17)12-6-4-11(14-2)5-7-12/h4-9,14H,1-3H3,(H,15,18)/b10-8-. The summed E-state index contributed by atoms with van der Waals surface area (Å²) in [5.74, 6) is -0.214. The molecule has 0 atom stereocenters. The molecular weight excluding hydrogens is 230 g/mol. The van der Waals surface area contributed by atoms with Gasteiger partial charge in [0.25, 0.3) is 0 Å². The first-order valence-corrected chi connectivity index (χ1v) is 5.54. The minimum Gasteiger partial charge on any atom is -0.388 e. The first-order valence-electron chi connectivity index (χ1n) is 5.54. The third-order valence-electron chi connectivity index (χ3n) is 2.49. The smallest absolute Gasteiger partial charge is 0.248 e. The van der Waals surface area contributed by atoms with E-state index in [0.29, 0.717) is 17.7 Å². The highest BCUT2D eigenvalue weighted by Crippen LogP contribution is 2.17. The zero-order valence-electron chi connectivity index (χ0n) is 10.7. The predicted molar refractivity (Wildman–Crippen MR) is 72.4 cm³/mol. The predicted octanol–water partition coefficient (Wildman–Crippen LogP) is 1.34. The van der Waals surface area contributed by atoms with Crippen LogP contribution in [0.5, 0.6) is 0 Å². The minimum absolute atomic E-state index is 0.214. The van der Waals surface area contributed by atoms with E-state index in [1.54, 1.807) is 26.1 Å². The topological polar surface area (TPSA) is 61.4 Å². The summed E-state index contributed by atoms with van der Waals surface area (Å²) in [7, 11) is 3.37. The molecule has 0 aliphatic heterocycles. The maximum absolute atomic E-state index is 11.4. The van der Waals surface area contributed by atoms with E-state index in [1.165, 1.54) is 11.1 Å². The van der Waals surface area contributed by atoms with Crippen molar-refractivity contribution in [2.45, 2.75) is 6.92 Å². The first kappa shape index (κ1) is 13.8. The Morgan fingerprint density at radius 1 is 1.22 bits per heavy atom. The van der Waals surface area contributed by atoms with Gasteiger partial charge in [0.05, 0.1) is 0 Å². The Morgan fingerprint density at radius 3 is 2.28 bits per heavy atom. The van der Waals surface area contributed by atoms with E-state index >= 15 is 0 Å². The van der Waals surface area contributed by atoms with Crippen LogP contribution < -0.4 is 15.5 Å². The molecule has 0 aliphatic rings. The molecule has 0 radical (unpaired) electrons. The quantitative estimate of drug-likeness (QED) is 0.609. The van der Waals surface area contributed by atoms with E-state index in [1.807, 2.05) is 19.2 Å². The number of carbonyl (C=O) groups is 2. The molecule has 1 aromatic rings. The summed E-state index contributed by atoms with van der Waals surface area (Å²) in [6.07, 6.45) is 2.17. The van der Waals surface area contributed by atoms with Crippen molar-refractivity contribution in [2.24, 2.45) is 0 Å². The zero-order valence-corrected chi connectivity index (χ0v) is 10.7. The number of carbonyl (C=O) groups excluding carboxylic acids is 2. The van der Waals surface area contributed by atoms with Crippen molar-refractivity contribution < 1.29 is 9.59 Å². The Hall–Kier alpha value is -2.30. The van der Waals surface area contributed by atoms with Crippen LogP contribution >= 0.6 is 0 Å². The molecule has 0 heterocycles. The van der Waals surface area contributed by atoms with E-state index in [9.17, 15) is 9.59 Å². The van der Waals surface area contributed by atoms with Crippen molar-refractivity contribution in [3.05, 3.63) is 36.0 Å². The number of hydrogen-bond donors (Lipinski definition) is 2.